The first-order chi connectivity index (χ1) is 5.55. The third kappa shape index (κ3) is 1.79. The van der Waals surface area contributed by atoms with Gasteiger partial charge in [0.15, 0.2) is 0 Å². The fourth-order valence-corrected chi connectivity index (χ4v) is 0.868. The Hall–Kier alpha value is -0.965. The molecule has 1 radical (unpaired) electrons. The summed E-state index contributed by atoms with van der Waals surface area (Å²) >= 11 is 0. The van der Waals surface area contributed by atoms with Crippen LogP contribution >= 0.6 is 0 Å². The van der Waals surface area contributed by atoms with Crippen LogP contribution in [0.15, 0.2) is 24.3 Å². The van der Waals surface area contributed by atoms with Gasteiger partial charge in [-0.05, 0) is 5.46 Å². The standard InChI is InChI=1S/C7H5BF3O/c9-7(10,11)5-3-1-2-4-6(5)8-12/h1-4,12H. The lowest BCUT2D eigenvalue weighted by atomic mass is 9.84. The SMILES string of the molecule is O[B]c1ccccc1C(F)(F)F. The average Bonchev–Trinajstić information content (AvgIpc) is 2.03. The minimum Gasteiger partial charge on any atom is -0.450 e. The van der Waals surface area contributed by atoms with Gasteiger partial charge in [-0.3, -0.25) is 0 Å². The molecular weight excluding hydrogens is 168 g/mol. The van der Waals surface area contributed by atoms with E-state index in [-0.39, 0.29) is 5.46 Å². The summed E-state index contributed by atoms with van der Waals surface area (Å²) in [5.74, 6) is 0. The Kier molecular flexibility index (Phi) is 2.42. The summed E-state index contributed by atoms with van der Waals surface area (Å²) in [5, 5.41) is 8.46. The lowest BCUT2D eigenvalue weighted by molar-refractivity contribution is -0.136. The van der Waals surface area contributed by atoms with Gasteiger partial charge in [0.25, 0.3) is 0 Å². The molecule has 0 aliphatic rings. The van der Waals surface area contributed by atoms with Crippen LogP contribution in [0, 0.1) is 0 Å². The first kappa shape index (κ1) is 9.13. The van der Waals surface area contributed by atoms with Crippen molar-refractivity contribution < 1.29 is 18.2 Å². The maximum atomic E-state index is 12.1. The van der Waals surface area contributed by atoms with Crippen LogP contribution in [0.5, 0.6) is 0 Å². The molecule has 1 aromatic rings. The molecule has 1 N–H and O–H groups in total. The maximum absolute atomic E-state index is 12.1. The number of rotatable bonds is 1. The van der Waals surface area contributed by atoms with Crippen LogP contribution in [0.4, 0.5) is 13.2 Å². The highest BCUT2D eigenvalue weighted by atomic mass is 19.4. The molecule has 0 bridgehead atoms. The third-order valence-corrected chi connectivity index (χ3v) is 1.41. The molecule has 0 aromatic heterocycles. The first-order valence-electron chi connectivity index (χ1n) is 3.19. The average molecular weight is 173 g/mol. The third-order valence-electron chi connectivity index (χ3n) is 1.41. The van der Waals surface area contributed by atoms with Crippen molar-refractivity contribution in [2.45, 2.75) is 6.18 Å². The van der Waals surface area contributed by atoms with Crippen molar-refractivity contribution in [2.24, 2.45) is 0 Å². The van der Waals surface area contributed by atoms with Crippen molar-refractivity contribution >= 4 is 12.9 Å². The lowest BCUT2D eigenvalue weighted by Crippen LogP contribution is -2.24. The van der Waals surface area contributed by atoms with E-state index in [4.69, 9.17) is 5.02 Å². The van der Waals surface area contributed by atoms with Gasteiger partial charge < -0.3 is 5.02 Å². The highest BCUT2D eigenvalue weighted by molar-refractivity contribution is 6.46. The second-order valence-electron chi connectivity index (χ2n) is 2.21. The van der Waals surface area contributed by atoms with Crippen molar-refractivity contribution in [1.29, 1.82) is 0 Å². The van der Waals surface area contributed by atoms with Crippen molar-refractivity contribution in [1.82, 2.24) is 0 Å². The van der Waals surface area contributed by atoms with E-state index < -0.39 is 11.7 Å². The Bertz CT molecular complexity index is 272. The number of benzene rings is 1. The molecule has 1 nitrogen and oxygen atoms in total. The molecule has 1 rings (SSSR count). The fraction of sp³-hybridized carbons (Fsp3) is 0.143. The van der Waals surface area contributed by atoms with Crippen LogP contribution in [0.25, 0.3) is 0 Å². The Morgan fingerprint density at radius 1 is 1.17 bits per heavy atom. The fourth-order valence-electron chi connectivity index (χ4n) is 0.868. The summed E-state index contributed by atoms with van der Waals surface area (Å²) in [5.41, 5.74) is -1.04. The molecule has 5 heteroatoms. The molecule has 0 saturated carbocycles. The number of hydrogen-bond donors (Lipinski definition) is 1. The molecule has 0 amide bonds. The van der Waals surface area contributed by atoms with E-state index in [1.165, 1.54) is 18.2 Å². The summed E-state index contributed by atoms with van der Waals surface area (Å²) in [6, 6.07) is 4.82. The highest BCUT2D eigenvalue weighted by Gasteiger charge is 2.32. The van der Waals surface area contributed by atoms with Gasteiger partial charge in [-0.2, -0.15) is 13.2 Å². The summed E-state index contributed by atoms with van der Waals surface area (Å²) in [6.45, 7) is 0. The minimum absolute atomic E-state index is 0.218. The zero-order valence-electron chi connectivity index (χ0n) is 5.97. The van der Waals surface area contributed by atoms with Crippen molar-refractivity contribution in [2.75, 3.05) is 0 Å². The summed E-state index contributed by atoms with van der Waals surface area (Å²) in [4.78, 5) is 0. The number of hydrogen-bond acceptors (Lipinski definition) is 1. The van der Waals surface area contributed by atoms with E-state index >= 15 is 0 Å². The summed E-state index contributed by atoms with van der Waals surface area (Å²) in [6.07, 6.45) is -4.41. The van der Waals surface area contributed by atoms with Crippen LogP contribution < -0.4 is 5.46 Å². The normalized spacial score (nSPS) is 11.3. The van der Waals surface area contributed by atoms with Gasteiger partial charge in [-0.1, -0.05) is 24.3 Å². The topological polar surface area (TPSA) is 20.2 Å². The van der Waals surface area contributed by atoms with Crippen molar-refractivity contribution in [3.63, 3.8) is 0 Å². The van der Waals surface area contributed by atoms with Crippen LogP contribution in [-0.4, -0.2) is 12.5 Å². The zero-order valence-corrected chi connectivity index (χ0v) is 5.97. The largest absolute Gasteiger partial charge is 0.450 e. The van der Waals surface area contributed by atoms with Gasteiger partial charge in [0, 0.05) is 0 Å². The number of halogens is 3. The minimum atomic E-state index is -4.41. The lowest BCUT2D eigenvalue weighted by Gasteiger charge is -2.09. The Labute approximate surface area is 68.1 Å². The van der Waals surface area contributed by atoms with Crippen molar-refractivity contribution in [3.8, 4) is 0 Å². The second-order valence-corrected chi connectivity index (χ2v) is 2.21. The highest BCUT2D eigenvalue weighted by Crippen LogP contribution is 2.27. The molecule has 0 aliphatic carbocycles. The molecule has 0 atom stereocenters. The predicted molar refractivity (Wildman–Crippen MR) is 39.1 cm³/mol. The van der Waals surface area contributed by atoms with E-state index in [2.05, 4.69) is 0 Å². The molecule has 0 spiro atoms. The van der Waals surface area contributed by atoms with Gasteiger partial charge in [0.05, 0.1) is 5.56 Å². The Morgan fingerprint density at radius 3 is 2.17 bits per heavy atom. The molecule has 0 unspecified atom stereocenters. The molecule has 12 heavy (non-hydrogen) atoms. The van der Waals surface area contributed by atoms with E-state index in [0.29, 0.717) is 7.48 Å². The molecule has 0 heterocycles. The Morgan fingerprint density at radius 2 is 1.75 bits per heavy atom. The van der Waals surface area contributed by atoms with Crippen LogP contribution in [0.2, 0.25) is 0 Å². The quantitative estimate of drug-likeness (QED) is 0.626. The van der Waals surface area contributed by atoms with Crippen LogP contribution in [0.1, 0.15) is 5.56 Å². The second kappa shape index (κ2) is 3.19. The molecule has 1 aromatic carbocycles. The van der Waals surface area contributed by atoms with Crippen LogP contribution in [-0.2, 0) is 6.18 Å². The first-order valence-corrected chi connectivity index (χ1v) is 3.19. The number of alkyl halides is 3. The zero-order chi connectivity index (χ0) is 9.19. The van der Waals surface area contributed by atoms with Gasteiger partial charge in [-0.25, -0.2) is 0 Å². The van der Waals surface area contributed by atoms with E-state index in [0.717, 1.165) is 6.07 Å². The molecular formula is C7H5BF3O. The van der Waals surface area contributed by atoms with Gasteiger partial charge in [0.1, 0.15) is 0 Å². The summed E-state index contributed by atoms with van der Waals surface area (Å²) < 4.78 is 36.3. The van der Waals surface area contributed by atoms with Gasteiger partial charge in [0.2, 0.25) is 0 Å². The molecule has 63 valence electrons. The van der Waals surface area contributed by atoms with E-state index in [1.807, 2.05) is 0 Å². The monoisotopic (exact) mass is 173 g/mol. The maximum Gasteiger partial charge on any atom is 0.415 e. The van der Waals surface area contributed by atoms with Gasteiger partial charge in [-0.15, -0.1) is 0 Å². The predicted octanol–water partition coefficient (Wildman–Crippen LogP) is 0.942. The summed E-state index contributed by atoms with van der Waals surface area (Å²) in [7, 11) is 0.447. The molecule has 0 saturated heterocycles. The molecule has 0 aliphatic heterocycles. The van der Waals surface area contributed by atoms with Crippen molar-refractivity contribution in [3.05, 3.63) is 29.8 Å². The Balaban J connectivity index is 3.14. The smallest absolute Gasteiger partial charge is 0.415 e. The van der Waals surface area contributed by atoms with E-state index in [9.17, 15) is 13.2 Å². The van der Waals surface area contributed by atoms with Gasteiger partial charge >= 0.3 is 13.7 Å². The van der Waals surface area contributed by atoms with Crippen LogP contribution in [0.3, 0.4) is 0 Å². The van der Waals surface area contributed by atoms with E-state index in [1.54, 1.807) is 0 Å². The molecule has 0 fully saturated rings.